The molecule has 0 saturated heterocycles. The molecule has 0 saturated carbocycles. The molecule has 0 aliphatic heterocycles. The molecule has 0 fully saturated rings. The summed E-state index contributed by atoms with van der Waals surface area (Å²) in [5, 5.41) is 28.7. The predicted octanol–water partition coefficient (Wildman–Crippen LogP) is 0.651. The smallest absolute Gasteiger partial charge is 0.336 e. The van der Waals surface area contributed by atoms with Crippen LogP contribution in [0.25, 0.3) is 0 Å². The van der Waals surface area contributed by atoms with Crippen LogP contribution in [0.1, 0.15) is 34.0 Å². The fourth-order valence-corrected chi connectivity index (χ4v) is 1.69. The molecule has 0 spiro atoms. The molecule has 0 radical (unpaired) electrons. The van der Waals surface area contributed by atoms with E-state index in [1.165, 1.54) is 12.1 Å². The van der Waals surface area contributed by atoms with Crippen LogP contribution >= 0.6 is 0 Å². The van der Waals surface area contributed by atoms with E-state index in [4.69, 9.17) is 5.11 Å². The van der Waals surface area contributed by atoms with Crippen molar-refractivity contribution in [3.8, 4) is 0 Å². The van der Waals surface area contributed by atoms with Crippen molar-refractivity contribution in [2.75, 3.05) is 7.11 Å². The van der Waals surface area contributed by atoms with Crippen LogP contribution in [0.2, 0.25) is 0 Å². The number of hydrogen-bond donors (Lipinski definition) is 3. The van der Waals surface area contributed by atoms with Gasteiger partial charge in [-0.3, -0.25) is 4.79 Å². The highest BCUT2D eigenvalue weighted by Gasteiger charge is 2.25. The molecule has 6 nitrogen and oxygen atoms in total. The lowest BCUT2D eigenvalue weighted by Crippen LogP contribution is -2.24. The highest BCUT2D eigenvalue weighted by molar-refractivity contribution is 5.89. The number of carboxylic acid groups (broad SMARTS) is 1. The zero-order chi connectivity index (χ0) is 14.6. The predicted molar refractivity (Wildman–Crippen MR) is 65.7 cm³/mol. The quantitative estimate of drug-likeness (QED) is 0.677. The first-order valence-corrected chi connectivity index (χ1v) is 5.63. The Morgan fingerprint density at radius 1 is 1.32 bits per heavy atom. The summed E-state index contributed by atoms with van der Waals surface area (Å²) in [6, 6.07) is 4.40. The Kier molecular flexibility index (Phi) is 5.02. The topological polar surface area (TPSA) is 104 Å². The van der Waals surface area contributed by atoms with E-state index in [0.717, 1.165) is 12.7 Å². The Balaban J connectivity index is 3.03. The van der Waals surface area contributed by atoms with E-state index in [9.17, 15) is 19.8 Å². The molecular weight excluding hydrogens is 252 g/mol. The van der Waals surface area contributed by atoms with Gasteiger partial charge in [0.15, 0.2) is 0 Å². The van der Waals surface area contributed by atoms with E-state index in [1.54, 1.807) is 13.0 Å². The summed E-state index contributed by atoms with van der Waals surface area (Å²) in [5.74, 6) is -1.89. The van der Waals surface area contributed by atoms with Gasteiger partial charge in [-0.1, -0.05) is 17.7 Å². The van der Waals surface area contributed by atoms with Gasteiger partial charge in [0.2, 0.25) is 0 Å². The van der Waals surface area contributed by atoms with Gasteiger partial charge in [-0.25, -0.2) is 4.79 Å². The second-order valence-corrected chi connectivity index (χ2v) is 4.19. The van der Waals surface area contributed by atoms with Crippen LogP contribution < -0.4 is 0 Å². The molecule has 1 aromatic carbocycles. The lowest BCUT2D eigenvalue weighted by Gasteiger charge is -2.19. The maximum absolute atomic E-state index is 11.1. The van der Waals surface area contributed by atoms with E-state index in [2.05, 4.69) is 4.74 Å². The Hall–Kier alpha value is -1.92. The summed E-state index contributed by atoms with van der Waals surface area (Å²) < 4.78 is 4.38. The van der Waals surface area contributed by atoms with Gasteiger partial charge in [-0.15, -0.1) is 0 Å². The minimum Gasteiger partial charge on any atom is -0.478 e. The third-order valence-corrected chi connectivity index (χ3v) is 2.72. The fraction of sp³-hybridized carbons (Fsp3) is 0.385. The third-order valence-electron chi connectivity index (χ3n) is 2.72. The maximum atomic E-state index is 11.1. The van der Waals surface area contributed by atoms with E-state index in [-0.39, 0.29) is 11.1 Å². The molecule has 3 N–H and O–H groups in total. The number of hydrogen-bond acceptors (Lipinski definition) is 5. The summed E-state index contributed by atoms with van der Waals surface area (Å²) in [5.41, 5.74) is 0.704. The van der Waals surface area contributed by atoms with Crippen LogP contribution in [0.3, 0.4) is 0 Å². The van der Waals surface area contributed by atoms with Crippen molar-refractivity contribution in [3.05, 3.63) is 34.9 Å². The van der Waals surface area contributed by atoms with Gasteiger partial charge in [0.1, 0.15) is 6.10 Å². The summed E-state index contributed by atoms with van der Waals surface area (Å²) in [6.45, 7) is 1.73. The Bertz CT molecular complexity index is 482. The van der Waals surface area contributed by atoms with Crippen LogP contribution in [-0.2, 0) is 9.53 Å². The van der Waals surface area contributed by atoms with Gasteiger partial charge in [0.05, 0.1) is 25.2 Å². The van der Waals surface area contributed by atoms with Crippen molar-refractivity contribution in [2.45, 2.75) is 25.6 Å². The minimum atomic E-state index is -1.47. The number of aliphatic hydroxyl groups is 2. The zero-order valence-electron chi connectivity index (χ0n) is 10.7. The highest BCUT2D eigenvalue weighted by Crippen LogP contribution is 2.24. The monoisotopic (exact) mass is 268 g/mol. The number of aliphatic hydroxyl groups excluding tert-OH is 2. The average Bonchev–Trinajstić information content (AvgIpc) is 2.36. The van der Waals surface area contributed by atoms with Crippen molar-refractivity contribution in [1.82, 2.24) is 0 Å². The van der Waals surface area contributed by atoms with Crippen LogP contribution in [0.15, 0.2) is 18.2 Å². The first-order chi connectivity index (χ1) is 8.86. The Morgan fingerprint density at radius 2 is 1.95 bits per heavy atom. The largest absolute Gasteiger partial charge is 0.478 e. The molecule has 0 aliphatic carbocycles. The molecular formula is C13H16O6. The summed E-state index contributed by atoms with van der Waals surface area (Å²) in [6.07, 6.45) is -3.30. The van der Waals surface area contributed by atoms with E-state index in [1.807, 2.05) is 0 Å². The molecule has 0 amide bonds. The second-order valence-electron chi connectivity index (χ2n) is 4.19. The van der Waals surface area contributed by atoms with Crippen LogP contribution in [-0.4, -0.2) is 40.5 Å². The first kappa shape index (κ1) is 15.1. The highest BCUT2D eigenvalue weighted by atomic mass is 16.5. The van der Waals surface area contributed by atoms with Gasteiger partial charge in [-0.05, 0) is 18.6 Å². The fourth-order valence-electron chi connectivity index (χ4n) is 1.69. The van der Waals surface area contributed by atoms with Crippen molar-refractivity contribution in [2.24, 2.45) is 0 Å². The summed E-state index contributed by atoms with van der Waals surface area (Å²) >= 11 is 0. The van der Waals surface area contributed by atoms with E-state index in [0.29, 0.717) is 0 Å². The third kappa shape index (κ3) is 3.77. The summed E-state index contributed by atoms with van der Waals surface area (Å²) in [4.78, 5) is 22.1. The average molecular weight is 268 g/mol. The van der Waals surface area contributed by atoms with Crippen molar-refractivity contribution in [3.63, 3.8) is 0 Å². The van der Waals surface area contributed by atoms with Crippen molar-refractivity contribution < 1.29 is 29.6 Å². The number of carboxylic acids is 1. The number of rotatable bonds is 5. The van der Waals surface area contributed by atoms with E-state index >= 15 is 0 Å². The number of ether oxygens (including phenoxy) is 1. The standard InChI is InChI=1S/C13H16O6/c1-7-3-4-8(13(17)18)9(5-7)12(16)10(14)6-11(15)19-2/h3-5,10,12,14,16H,6H2,1-2H3,(H,17,18). The molecule has 19 heavy (non-hydrogen) atoms. The zero-order valence-corrected chi connectivity index (χ0v) is 10.7. The molecule has 1 rings (SSSR count). The normalized spacial score (nSPS) is 13.7. The Morgan fingerprint density at radius 3 is 2.47 bits per heavy atom. The SMILES string of the molecule is COC(=O)CC(O)C(O)c1cc(C)ccc1C(=O)O. The summed E-state index contributed by atoms with van der Waals surface area (Å²) in [7, 11) is 1.16. The second kappa shape index (κ2) is 6.31. The van der Waals surface area contributed by atoms with E-state index < -0.39 is 30.6 Å². The van der Waals surface area contributed by atoms with Crippen LogP contribution in [0.4, 0.5) is 0 Å². The van der Waals surface area contributed by atoms with Crippen LogP contribution in [0.5, 0.6) is 0 Å². The number of carbonyl (C=O) groups excluding carboxylic acids is 1. The molecule has 6 heteroatoms. The van der Waals surface area contributed by atoms with Gasteiger partial charge in [0.25, 0.3) is 0 Å². The number of carbonyl (C=O) groups is 2. The van der Waals surface area contributed by atoms with Gasteiger partial charge in [-0.2, -0.15) is 0 Å². The number of benzene rings is 1. The van der Waals surface area contributed by atoms with Gasteiger partial charge < -0.3 is 20.1 Å². The number of methoxy groups -OCH3 is 1. The molecule has 0 bridgehead atoms. The Labute approximate surface area is 110 Å². The molecule has 2 atom stereocenters. The molecule has 1 aromatic rings. The van der Waals surface area contributed by atoms with Gasteiger partial charge >= 0.3 is 11.9 Å². The molecule has 0 aromatic heterocycles. The number of esters is 1. The lowest BCUT2D eigenvalue weighted by molar-refractivity contribution is -0.144. The van der Waals surface area contributed by atoms with Gasteiger partial charge in [0, 0.05) is 0 Å². The molecule has 104 valence electrons. The lowest BCUT2D eigenvalue weighted by atomic mass is 9.95. The maximum Gasteiger partial charge on any atom is 0.336 e. The van der Waals surface area contributed by atoms with Crippen molar-refractivity contribution >= 4 is 11.9 Å². The first-order valence-electron chi connectivity index (χ1n) is 5.63. The minimum absolute atomic E-state index is 0.0731. The number of aryl methyl sites for hydroxylation is 1. The van der Waals surface area contributed by atoms with Crippen molar-refractivity contribution in [1.29, 1.82) is 0 Å². The van der Waals surface area contributed by atoms with Crippen LogP contribution in [0, 0.1) is 6.92 Å². The molecule has 2 unspecified atom stereocenters. The molecule has 0 aliphatic rings. The number of aromatic carboxylic acids is 1. The molecule has 0 heterocycles.